The first-order valence-corrected chi connectivity index (χ1v) is 9.81. The van der Waals surface area contributed by atoms with Gasteiger partial charge >= 0.3 is 5.97 Å². The number of benzene rings is 1. The molecule has 0 atom stereocenters. The number of carboxylic acid groups (broad SMARTS) is 1. The average Bonchev–Trinajstić information content (AvgIpc) is 3.15. The molecule has 0 radical (unpaired) electrons. The third-order valence-electron chi connectivity index (χ3n) is 5.05. The van der Waals surface area contributed by atoms with E-state index in [1.54, 1.807) is 6.20 Å². The van der Waals surface area contributed by atoms with Gasteiger partial charge in [0, 0.05) is 37.0 Å². The van der Waals surface area contributed by atoms with Crippen molar-refractivity contribution >= 4 is 5.97 Å². The Bertz CT molecular complexity index is 974. The van der Waals surface area contributed by atoms with E-state index < -0.39 is 5.97 Å². The van der Waals surface area contributed by atoms with E-state index in [4.69, 9.17) is 9.63 Å². The standard InChI is InChI=1S/C22H24N4O3/c1-14(2)9-15-3-5-16(6-4-15)21-24-20(25-29-21)17-7-8-19(23-10-17)13-26-11-18(12-26)22(27)28/h3-8,10,14,18H,9,11-13H2,1-2H3,(H,27,28). The Morgan fingerprint density at radius 3 is 2.52 bits per heavy atom. The van der Waals surface area contributed by atoms with E-state index in [1.807, 2.05) is 24.3 Å². The molecule has 4 rings (SSSR count). The molecule has 7 nitrogen and oxygen atoms in total. The summed E-state index contributed by atoms with van der Waals surface area (Å²) in [6, 6.07) is 12.0. The molecule has 3 heterocycles. The van der Waals surface area contributed by atoms with Crippen molar-refractivity contribution in [1.82, 2.24) is 20.0 Å². The third-order valence-corrected chi connectivity index (χ3v) is 5.05. The number of hydrogen-bond donors (Lipinski definition) is 1. The van der Waals surface area contributed by atoms with Crippen LogP contribution in [0.2, 0.25) is 0 Å². The minimum atomic E-state index is -0.730. The van der Waals surface area contributed by atoms with Crippen LogP contribution >= 0.6 is 0 Å². The maximum atomic E-state index is 10.9. The summed E-state index contributed by atoms with van der Waals surface area (Å²) in [5.74, 6) is 0.616. The highest BCUT2D eigenvalue weighted by Crippen LogP contribution is 2.24. The molecule has 29 heavy (non-hydrogen) atoms. The lowest BCUT2D eigenvalue weighted by molar-refractivity contribution is -0.147. The number of carbonyl (C=O) groups is 1. The molecule has 7 heteroatoms. The van der Waals surface area contributed by atoms with Gasteiger partial charge in [-0.05, 0) is 42.2 Å². The minimum Gasteiger partial charge on any atom is -0.481 e. The highest BCUT2D eigenvalue weighted by atomic mass is 16.5. The van der Waals surface area contributed by atoms with E-state index in [9.17, 15) is 4.79 Å². The fourth-order valence-electron chi connectivity index (χ4n) is 3.45. The fourth-order valence-corrected chi connectivity index (χ4v) is 3.45. The van der Waals surface area contributed by atoms with Gasteiger partial charge in [-0.2, -0.15) is 4.98 Å². The molecule has 1 aliphatic rings. The zero-order valence-electron chi connectivity index (χ0n) is 16.6. The topological polar surface area (TPSA) is 92.4 Å². The van der Waals surface area contributed by atoms with Crippen LogP contribution in [0, 0.1) is 11.8 Å². The predicted octanol–water partition coefficient (Wildman–Crippen LogP) is 3.51. The van der Waals surface area contributed by atoms with E-state index in [0.717, 1.165) is 23.2 Å². The zero-order chi connectivity index (χ0) is 20.4. The summed E-state index contributed by atoms with van der Waals surface area (Å²) in [5.41, 5.74) is 3.86. The quantitative estimate of drug-likeness (QED) is 0.658. The molecule has 0 aliphatic carbocycles. The number of likely N-dealkylation sites (tertiary alicyclic amines) is 1. The highest BCUT2D eigenvalue weighted by molar-refractivity contribution is 5.71. The normalized spacial score (nSPS) is 14.9. The van der Waals surface area contributed by atoms with Crippen LogP contribution in [0.4, 0.5) is 0 Å². The van der Waals surface area contributed by atoms with Crippen molar-refractivity contribution in [3.8, 4) is 22.8 Å². The molecule has 1 N–H and O–H groups in total. The van der Waals surface area contributed by atoms with Gasteiger partial charge in [0.25, 0.3) is 5.89 Å². The van der Waals surface area contributed by atoms with Crippen molar-refractivity contribution in [3.63, 3.8) is 0 Å². The average molecular weight is 392 g/mol. The molecule has 150 valence electrons. The molecule has 1 saturated heterocycles. The minimum absolute atomic E-state index is 0.258. The maximum Gasteiger partial charge on any atom is 0.309 e. The molecule has 0 unspecified atom stereocenters. The molecule has 2 aromatic heterocycles. The molecule has 3 aromatic rings. The van der Waals surface area contributed by atoms with Gasteiger partial charge in [0.1, 0.15) is 0 Å². The lowest BCUT2D eigenvalue weighted by Crippen LogP contribution is -2.49. The Balaban J connectivity index is 1.39. The van der Waals surface area contributed by atoms with E-state index in [0.29, 0.717) is 37.3 Å². The molecule has 0 amide bonds. The summed E-state index contributed by atoms with van der Waals surface area (Å²) in [6.45, 7) is 6.19. The van der Waals surface area contributed by atoms with Crippen LogP contribution in [-0.2, 0) is 17.8 Å². The third kappa shape index (κ3) is 4.51. The molecule has 1 aromatic carbocycles. The first-order valence-electron chi connectivity index (χ1n) is 9.81. The Labute approximate surface area is 169 Å². The number of hydrogen-bond acceptors (Lipinski definition) is 6. The van der Waals surface area contributed by atoms with Crippen LogP contribution in [0.3, 0.4) is 0 Å². The van der Waals surface area contributed by atoms with Gasteiger partial charge in [-0.1, -0.05) is 31.1 Å². The second kappa shape index (κ2) is 8.13. The molecular weight excluding hydrogens is 368 g/mol. The second-order valence-corrected chi connectivity index (χ2v) is 7.99. The highest BCUT2D eigenvalue weighted by Gasteiger charge is 2.32. The predicted molar refractivity (Wildman–Crippen MR) is 108 cm³/mol. The van der Waals surface area contributed by atoms with Crippen LogP contribution in [0.25, 0.3) is 22.8 Å². The van der Waals surface area contributed by atoms with E-state index >= 15 is 0 Å². The molecule has 1 fully saturated rings. The van der Waals surface area contributed by atoms with Gasteiger partial charge in [0.05, 0.1) is 11.6 Å². The fraction of sp³-hybridized carbons (Fsp3) is 0.364. The van der Waals surface area contributed by atoms with Gasteiger partial charge in [-0.15, -0.1) is 0 Å². The Hall–Kier alpha value is -3.06. The van der Waals surface area contributed by atoms with Gasteiger partial charge in [-0.3, -0.25) is 14.7 Å². The van der Waals surface area contributed by atoms with Gasteiger partial charge in [0.15, 0.2) is 0 Å². The van der Waals surface area contributed by atoms with Crippen LogP contribution in [0.1, 0.15) is 25.1 Å². The Morgan fingerprint density at radius 1 is 1.17 bits per heavy atom. The summed E-state index contributed by atoms with van der Waals surface area (Å²) in [5, 5.41) is 13.0. The number of aromatic nitrogens is 3. The molecular formula is C22H24N4O3. The van der Waals surface area contributed by atoms with Crippen LogP contribution in [-0.4, -0.2) is 44.2 Å². The molecule has 1 aliphatic heterocycles. The van der Waals surface area contributed by atoms with Crippen molar-refractivity contribution in [2.75, 3.05) is 13.1 Å². The smallest absolute Gasteiger partial charge is 0.309 e. The number of rotatable bonds is 7. The SMILES string of the molecule is CC(C)Cc1ccc(-c2nc(-c3ccc(CN4CC(C(=O)O)C4)nc3)no2)cc1. The lowest BCUT2D eigenvalue weighted by atomic mass is 10.0. The first-order chi connectivity index (χ1) is 14.0. The van der Waals surface area contributed by atoms with E-state index in [-0.39, 0.29) is 5.92 Å². The number of nitrogens with zero attached hydrogens (tertiary/aromatic N) is 4. The first kappa shape index (κ1) is 19.3. The summed E-state index contributed by atoms with van der Waals surface area (Å²) in [4.78, 5) is 21.9. The molecule has 0 bridgehead atoms. The van der Waals surface area contributed by atoms with Crippen LogP contribution in [0.15, 0.2) is 47.1 Å². The number of aliphatic carboxylic acids is 1. The van der Waals surface area contributed by atoms with Crippen molar-refractivity contribution in [3.05, 3.63) is 53.9 Å². The largest absolute Gasteiger partial charge is 0.481 e. The second-order valence-electron chi connectivity index (χ2n) is 7.99. The van der Waals surface area contributed by atoms with Crippen LogP contribution in [0.5, 0.6) is 0 Å². The number of pyridine rings is 1. The van der Waals surface area contributed by atoms with Crippen molar-refractivity contribution < 1.29 is 14.4 Å². The monoisotopic (exact) mass is 392 g/mol. The summed E-state index contributed by atoms with van der Waals surface area (Å²) in [7, 11) is 0. The van der Waals surface area contributed by atoms with E-state index in [1.165, 1.54) is 5.56 Å². The molecule has 0 saturated carbocycles. The van der Waals surface area contributed by atoms with Crippen molar-refractivity contribution in [2.45, 2.75) is 26.8 Å². The van der Waals surface area contributed by atoms with Crippen molar-refractivity contribution in [2.24, 2.45) is 11.8 Å². The van der Waals surface area contributed by atoms with Gasteiger partial charge < -0.3 is 9.63 Å². The summed E-state index contributed by atoms with van der Waals surface area (Å²) >= 11 is 0. The summed E-state index contributed by atoms with van der Waals surface area (Å²) < 4.78 is 5.43. The van der Waals surface area contributed by atoms with Crippen molar-refractivity contribution in [1.29, 1.82) is 0 Å². The Kier molecular flexibility index (Phi) is 5.40. The maximum absolute atomic E-state index is 10.9. The number of carboxylic acids is 1. The summed E-state index contributed by atoms with van der Waals surface area (Å²) in [6.07, 6.45) is 2.77. The molecule has 0 spiro atoms. The Morgan fingerprint density at radius 2 is 1.90 bits per heavy atom. The lowest BCUT2D eigenvalue weighted by Gasteiger charge is -2.36. The van der Waals surface area contributed by atoms with Gasteiger partial charge in [-0.25, -0.2) is 0 Å². The van der Waals surface area contributed by atoms with Gasteiger partial charge in [0.2, 0.25) is 5.82 Å². The zero-order valence-corrected chi connectivity index (χ0v) is 16.6. The van der Waals surface area contributed by atoms with Crippen LogP contribution < -0.4 is 0 Å². The van der Waals surface area contributed by atoms with E-state index in [2.05, 4.69) is 46.0 Å².